The van der Waals surface area contributed by atoms with Crippen LogP contribution in [-0.2, 0) is 6.54 Å². The summed E-state index contributed by atoms with van der Waals surface area (Å²) in [4.78, 5) is 14.1. The maximum atomic E-state index is 12.4. The zero-order chi connectivity index (χ0) is 16.2. The number of ether oxygens (including phenoxy) is 2. The largest absolute Gasteiger partial charge is 0.486 e. The Morgan fingerprint density at radius 2 is 1.83 bits per heavy atom. The van der Waals surface area contributed by atoms with Crippen molar-refractivity contribution < 1.29 is 14.3 Å². The minimum absolute atomic E-state index is 0.0932. The second-order valence-corrected chi connectivity index (χ2v) is 5.33. The van der Waals surface area contributed by atoms with E-state index in [1.54, 1.807) is 36.2 Å². The molecule has 1 aliphatic heterocycles. The molecule has 0 N–H and O–H groups in total. The van der Waals surface area contributed by atoms with Crippen LogP contribution >= 0.6 is 0 Å². The average Bonchev–Trinajstić information content (AvgIpc) is 2.61. The van der Waals surface area contributed by atoms with E-state index in [2.05, 4.69) is 0 Å². The highest BCUT2D eigenvalue weighted by atomic mass is 16.6. The lowest BCUT2D eigenvalue weighted by atomic mass is 10.1. The van der Waals surface area contributed by atoms with E-state index in [9.17, 15) is 4.79 Å². The van der Waals surface area contributed by atoms with Crippen molar-refractivity contribution >= 4 is 5.91 Å². The highest BCUT2D eigenvalue weighted by Gasteiger charge is 2.15. The molecule has 0 unspecified atom stereocenters. The van der Waals surface area contributed by atoms with Gasteiger partial charge in [-0.05, 0) is 42.0 Å². The molecule has 2 aromatic rings. The van der Waals surface area contributed by atoms with Crippen LogP contribution in [0.5, 0.6) is 11.5 Å². The van der Waals surface area contributed by atoms with Gasteiger partial charge < -0.3 is 14.4 Å². The van der Waals surface area contributed by atoms with Gasteiger partial charge in [-0.2, -0.15) is 5.26 Å². The number of rotatable bonds is 3. The molecule has 0 radical (unpaired) electrons. The molecule has 1 amide bonds. The highest BCUT2D eigenvalue weighted by Crippen LogP contribution is 2.31. The predicted octanol–water partition coefficient (Wildman–Crippen LogP) is 2.60. The van der Waals surface area contributed by atoms with Crippen molar-refractivity contribution in [3.63, 3.8) is 0 Å². The number of carbonyl (C=O) groups is 1. The van der Waals surface area contributed by atoms with E-state index in [4.69, 9.17) is 14.7 Å². The molecule has 3 rings (SSSR count). The molecule has 0 bridgehead atoms. The Morgan fingerprint density at radius 3 is 2.52 bits per heavy atom. The summed E-state index contributed by atoms with van der Waals surface area (Å²) in [6.07, 6.45) is 0. The molecular formula is C18H16N2O3. The van der Waals surface area contributed by atoms with Crippen LogP contribution in [0.3, 0.4) is 0 Å². The fraction of sp³-hybridized carbons (Fsp3) is 0.222. The summed E-state index contributed by atoms with van der Waals surface area (Å²) in [5.74, 6) is 1.36. The van der Waals surface area contributed by atoms with E-state index in [0.717, 1.165) is 11.3 Å². The molecule has 0 saturated heterocycles. The smallest absolute Gasteiger partial charge is 0.253 e. The van der Waals surface area contributed by atoms with Crippen LogP contribution < -0.4 is 9.47 Å². The van der Waals surface area contributed by atoms with Crippen molar-refractivity contribution in [2.24, 2.45) is 0 Å². The Kier molecular flexibility index (Phi) is 4.15. The molecule has 116 valence electrons. The van der Waals surface area contributed by atoms with Gasteiger partial charge in [0.1, 0.15) is 13.2 Å². The van der Waals surface area contributed by atoms with Gasteiger partial charge in [-0.25, -0.2) is 0 Å². The van der Waals surface area contributed by atoms with Crippen molar-refractivity contribution in [1.82, 2.24) is 4.90 Å². The minimum Gasteiger partial charge on any atom is -0.486 e. The van der Waals surface area contributed by atoms with E-state index in [0.29, 0.717) is 36.6 Å². The van der Waals surface area contributed by atoms with Crippen LogP contribution in [0.4, 0.5) is 0 Å². The molecule has 5 nitrogen and oxygen atoms in total. The molecule has 2 aromatic carbocycles. The molecule has 0 spiro atoms. The van der Waals surface area contributed by atoms with Crippen molar-refractivity contribution in [2.45, 2.75) is 6.54 Å². The summed E-state index contributed by atoms with van der Waals surface area (Å²) in [6.45, 7) is 1.56. The zero-order valence-electron chi connectivity index (χ0n) is 12.8. The fourth-order valence-corrected chi connectivity index (χ4v) is 2.44. The second kappa shape index (κ2) is 6.41. The predicted molar refractivity (Wildman–Crippen MR) is 84.4 cm³/mol. The Bertz CT molecular complexity index is 763. The summed E-state index contributed by atoms with van der Waals surface area (Å²) < 4.78 is 11.0. The third-order valence-corrected chi connectivity index (χ3v) is 3.63. The lowest BCUT2D eigenvalue weighted by molar-refractivity contribution is 0.0785. The van der Waals surface area contributed by atoms with Gasteiger partial charge in [0, 0.05) is 19.2 Å². The molecular weight excluding hydrogens is 292 g/mol. The first-order valence-corrected chi connectivity index (χ1v) is 7.31. The number of hydrogen-bond donors (Lipinski definition) is 0. The van der Waals surface area contributed by atoms with Gasteiger partial charge in [-0.3, -0.25) is 4.79 Å². The van der Waals surface area contributed by atoms with Crippen LogP contribution in [0, 0.1) is 11.3 Å². The average molecular weight is 308 g/mol. The van der Waals surface area contributed by atoms with Crippen molar-refractivity contribution in [3.8, 4) is 17.6 Å². The number of carbonyl (C=O) groups excluding carboxylic acids is 1. The molecule has 1 aliphatic rings. The standard InChI is InChI=1S/C18H16N2O3/c1-20(18(21)15-5-2-13(11-19)3-6-15)12-14-4-7-16-17(10-14)23-9-8-22-16/h2-7,10H,8-9,12H2,1H3. The number of fused-ring (bicyclic) bond motifs is 1. The Balaban J connectivity index is 1.71. The van der Waals surface area contributed by atoms with Crippen LogP contribution in [0.1, 0.15) is 21.5 Å². The first-order chi connectivity index (χ1) is 11.2. The monoisotopic (exact) mass is 308 g/mol. The van der Waals surface area contributed by atoms with Crippen molar-refractivity contribution in [2.75, 3.05) is 20.3 Å². The van der Waals surface area contributed by atoms with E-state index in [1.165, 1.54) is 0 Å². The Morgan fingerprint density at radius 1 is 1.13 bits per heavy atom. The fourth-order valence-electron chi connectivity index (χ4n) is 2.44. The number of benzene rings is 2. The summed E-state index contributed by atoms with van der Waals surface area (Å²) >= 11 is 0. The molecule has 0 atom stereocenters. The molecule has 1 heterocycles. The van der Waals surface area contributed by atoms with E-state index in [-0.39, 0.29) is 5.91 Å². The van der Waals surface area contributed by atoms with Gasteiger partial charge in [-0.15, -0.1) is 0 Å². The first-order valence-electron chi connectivity index (χ1n) is 7.31. The summed E-state index contributed by atoms with van der Waals surface area (Å²) in [6, 6.07) is 14.4. The van der Waals surface area contributed by atoms with E-state index < -0.39 is 0 Å². The number of hydrogen-bond acceptors (Lipinski definition) is 4. The van der Waals surface area contributed by atoms with Gasteiger partial charge in [0.15, 0.2) is 11.5 Å². The minimum atomic E-state index is -0.0932. The summed E-state index contributed by atoms with van der Waals surface area (Å²) in [5.41, 5.74) is 2.07. The van der Waals surface area contributed by atoms with E-state index in [1.807, 2.05) is 24.3 Å². The Hall–Kier alpha value is -3.00. The number of nitrogens with zero attached hydrogens (tertiary/aromatic N) is 2. The topological polar surface area (TPSA) is 62.6 Å². The van der Waals surface area contributed by atoms with Crippen LogP contribution in [0.25, 0.3) is 0 Å². The highest BCUT2D eigenvalue weighted by molar-refractivity contribution is 5.94. The molecule has 0 aliphatic carbocycles. The Labute approximate surface area is 134 Å². The normalized spacial score (nSPS) is 12.3. The van der Waals surface area contributed by atoms with Crippen LogP contribution in [0.15, 0.2) is 42.5 Å². The maximum Gasteiger partial charge on any atom is 0.253 e. The molecule has 5 heteroatoms. The maximum absolute atomic E-state index is 12.4. The van der Waals surface area contributed by atoms with Crippen LogP contribution in [0.2, 0.25) is 0 Å². The molecule has 0 fully saturated rings. The third-order valence-electron chi connectivity index (χ3n) is 3.63. The number of nitriles is 1. The van der Waals surface area contributed by atoms with Gasteiger partial charge in [-0.1, -0.05) is 6.07 Å². The van der Waals surface area contributed by atoms with Gasteiger partial charge in [0.25, 0.3) is 5.91 Å². The quantitative estimate of drug-likeness (QED) is 0.874. The first kappa shape index (κ1) is 14.9. The van der Waals surface area contributed by atoms with Crippen molar-refractivity contribution in [1.29, 1.82) is 5.26 Å². The summed E-state index contributed by atoms with van der Waals surface area (Å²) in [5, 5.41) is 8.80. The summed E-state index contributed by atoms with van der Waals surface area (Å²) in [7, 11) is 1.75. The molecule has 0 aromatic heterocycles. The lowest BCUT2D eigenvalue weighted by Gasteiger charge is -2.21. The van der Waals surface area contributed by atoms with Gasteiger partial charge in [0.05, 0.1) is 11.6 Å². The van der Waals surface area contributed by atoms with Gasteiger partial charge in [0.2, 0.25) is 0 Å². The van der Waals surface area contributed by atoms with Crippen molar-refractivity contribution in [3.05, 3.63) is 59.2 Å². The lowest BCUT2D eigenvalue weighted by Crippen LogP contribution is -2.26. The second-order valence-electron chi connectivity index (χ2n) is 5.33. The zero-order valence-corrected chi connectivity index (χ0v) is 12.8. The number of amides is 1. The van der Waals surface area contributed by atoms with E-state index >= 15 is 0 Å². The SMILES string of the molecule is CN(Cc1ccc2c(c1)OCCO2)C(=O)c1ccc(C#N)cc1. The van der Waals surface area contributed by atoms with Gasteiger partial charge >= 0.3 is 0 Å². The third kappa shape index (κ3) is 3.27. The van der Waals surface area contributed by atoms with Crippen LogP contribution in [-0.4, -0.2) is 31.1 Å². The molecule has 23 heavy (non-hydrogen) atoms. The molecule has 0 saturated carbocycles.